The Morgan fingerprint density at radius 2 is 2.00 bits per heavy atom. The number of halogens is 1. The summed E-state index contributed by atoms with van der Waals surface area (Å²) in [6, 6.07) is 0. The highest BCUT2D eigenvalue weighted by molar-refractivity contribution is 14.1. The van der Waals surface area contributed by atoms with Gasteiger partial charge in [-0.25, -0.2) is 0 Å². The average Bonchev–Trinajstić information content (AvgIpc) is 1.94. The van der Waals surface area contributed by atoms with Crippen LogP contribution in [0.3, 0.4) is 0 Å². The van der Waals surface area contributed by atoms with Crippen molar-refractivity contribution in [2.24, 2.45) is 11.3 Å². The fraction of sp³-hybridized carbons (Fsp3) is 0.818. The molecule has 0 aromatic heterocycles. The summed E-state index contributed by atoms with van der Waals surface area (Å²) >= 11 is 2.37. The van der Waals surface area contributed by atoms with Gasteiger partial charge in [-0.3, -0.25) is 0 Å². The molecule has 0 amide bonds. The number of ether oxygens (including phenoxy) is 1. The van der Waals surface area contributed by atoms with Crippen molar-refractivity contribution in [3.8, 4) is 0 Å². The molecule has 0 aliphatic carbocycles. The van der Waals surface area contributed by atoms with Gasteiger partial charge in [0.25, 0.3) is 0 Å². The smallest absolute Gasteiger partial charge is 0.110 e. The van der Waals surface area contributed by atoms with Crippen molar-refractivity contribution in [3.63, 3.8) is 0 Å². The first kappa shape index (κ1) is 11.5. The SMILES string of the molecule is C=C1[C@H](C)C[C@H](I)O[C@@H]1C(C)(C)C. The minimum atomic E-state index is 0.176. The molecule has 13 heavy (non-hydrogen) atoms. The van der Waals surface area contributed by atoms with Gasteiger partial charge in [0.1, 0.15) is 4.11 Å². The molecule has 1 saturated heterocycles. The summed E-state index contributed by atoms with van der Waals surface area (Å²) in [5.41, 5.74) is 1.44. The molecule has 0 N–H and O–H groups in total. The van der Waals surface area contributed by atoms with Gasteiger partial charge in [-0.05, 0) is 23.3 Å². The quantitative estimate of drug-likeness (QED) is 0.375. The van der Waals surface area contributed by atoms with Crippen molar-refractivity contribution in [1.82, 2.24) is 0 Å². The van der Waals surface area contributed by atoms with Gasteiger partial charge >= 0.3 is 0 Å². The predicted molar refractivity (Wildman–Crippen MR) is 65.1 cm³/mol. The van der Waals surface area contributed by atoms with Crippen LogP contribution in [0.15, 0.2) is 12.2 Å². The minimum Gasteiger partial charge on any atom is -0.360 e. The van der Waals surface area contributed by atoms with Gasteiger partial charge < -0.3 is 4.74 Å². The van der Waals surface area contributed by atoms with E-state index in [9.17, 15) is 0 Å². The molecule has 0 radical (unpaired) electrons. The highest BCUT2D eigenvalue weighted by atomic mass is 127. The zero-order valence-electron chi connectivity index (χ0n) is 8.93. The van der Waals surface area contributed by atoms with E-state index in [-0.39, 0.29) is 11.5 Å². The molecule has 0 unspecified atom stereocenters. The van der Waals surface area contributed by atoms with E-state index in [1.165, 1.54) is 5.57 Å². The minimum absolute atomic E-state index is 0.176. The van der Waals surface area contributed by atoms with Crippen LogP contribution in [0.2, 0.25) is 0 Å². The normalized spacial score (nSPS) is 36.4. The second-order valence-electron chi connectivity index (χ2n) is 5.00. The summed E-state index contributed by atoms with van der Waals surface area (Å²) in [7, 11) is 0. The van der Waals surface area contributed by atoms with Crippen molar-refractivity contribution in [2.75, 3.05) is 0 Å². The third-order valence-electron chi connectivity index (χ3n) is 2.58. The van der Waals surface area contributed by atoms with Crippen LogP contribution in [-0.2, 0) is 4.74 Å². The van der Waals surface area contributed by atoms with Crippen molar-refractivity contribution in [1.29, 1.82) is 0 Å². The first-order valence-corrected chi connectivity index (χ1v) is 6.05. The summed E-state index contributed by atoms with van der Waals surface area (Å²) in [5, 5.41) is 0. The van der Waals surface area contributed by atoms with E-state index in [1.807, 2.05) is 0 Å². The fourth-order valence-electron chi connectivity index (χ4n) is 1.74. The second-order valence-corrected chi connectivity index (χ2v) is 6.39. The predicted octanol–water partition coefficient (Wildman–Crippen LogP) is 3.77. The Hall–Kier alpha value is 0.430. The Kier molecular flexibility index (Phi) is 3.44. The van der Waals surface area contributed by atoms with E-state index in [2.05, 4.69) is 56.9 Å². The molecule has 0 saturated carbocycles. The lowest BCUT2D eigenvalue weighted by Gasteiger charge is -2.40. The first-order valence-electron chi connectivity index (χ1n) is 4.80. The maximum absolute atomic E-state index is 5.92. The van der Waals surface area contributed by atoms with Crippen LogP contribution >= 0.6 is 22.6 Å². The van der Waals surface area contributed by atoms with E-state index in [0.717, 1.165) is 6.42 Å². The maximum Gasteiger partial charge on any atom is 0.110 e. The monoisotopic (exact) mass is 294 g/mol. The van der Waals surface area contributed by atoms with E-state index >= 15 is 0 Å². The van der Waals surface area contributed by atoms with Crippen molar-refractivity contribution in [2.45, 2.75) is 44.3 Å². The summed E-state index contributed by atoms with van der Waals surface area (Å²) in [5.74, 6) is 0.597. The summed E-state index contributed by atoms with van der Waals surface area (Å²) < 4.78 is 6.27. The van der Waals surface area contributed by atoms with Crippen LogP contribution in [0.4, 0.5) is 0 Å². The van der Waals surface area contributed by atoms with Crippen LogP contribution in [0.5, 0.6) is 0 Å². The Labute approximate surface area is 95.1 Å². The van der Waals surface area contributed by atoms with Crippen molar-refractivity contribution >= 4 is 22.6 Å². The van der Waals surface area contributed by atoms with Gasteiger partial charge in [-0.15, -0.1) is 0 Å². The molecule has 1 heterocycles. The maximum atomic E-state index is 5.92. The molecule has 1 rings (SSSR count). The lowest BCUT2D eigenvalue weighted by molar-refractivity contribution is -0.0332. The lowest BCUT2D eigenvalue weighted by Crippen LogP contribution is -2.39. The fourth-order valence-corrected chi connectivity index (χ4v) is 2.80. The van der Waals surface area contributed by atoms with E-state index < -0.39 is 0 Å². The van der Waals surface area contributed by atoms with Crippen molar-refractivity contribution < 1.29 is 4.74 Å². The highest BCUT2D eigenvalue weighted by Gasteiger charge is 2.36. The molecular weight excluding hydrogens is 275 g/mol. The van der Waals surface area contributed by atoms with Crippen LogP contribution in [0.1, 0.15) is 34.1 Å². The van der Waals surface area contributed by atoms with Gasteiger partial charge in [-0.1, -0.05) is 56.9 Å². The van der Waals surface area contributed by atoms with E-state index in [4.69, 9.17) is 4.74 Å². The molecule has 1 fully saturated rings. The number of hydrogen-bond acceptors (Lipinski definition) is 1. The van der Waals surface area contributed by atoms with Crippen LogP contribution in [-0.4, -0.2) is 10.2 Å². The Balaban J connectivity index is 2.78. The molecule has 76 valence electrons. The second kappa shape index (κ2) is 3.89. The van der Waals surface area contributed by atoms with E-state index in [1.54, 1.807) is 0 Å². The third kappa shape index (κ3) is 2.69. The largest absolute Gasteiger partial charge is 0.360 e. The van der Waals surface area contributed by atoms with Crippen LogP contribution < -0.4 is 0 Å². The summed E-state index contributed by atoms with van der Waals surface area (Å²) in [6.07, 6.45) is 1.32. The third-order valence-corrected chi connectivity index (χ3v) is 3.38. The topological polar surface area (TPSA) is 9.23 Å². The molecule has 0 spiro atoms. The molecule has 3 atom stereocenters. The van der Waals surface area contributed by atoms with Gasteiger partial charge in [0.15, 0.2) is 0 Å². The molecule has 2 heteroatoms. The Morgan fingerprint density at radius 3 is 2.46 bits per heavy atom. The zero-order valence-corrected chi connectivity index (χ0v) is 11.1. The van der Waals surface area contributed by atoms with Gasteiger partial charge in [0, 0.05) is 0 Å². The van der Waals surface area contributed by atoms with Crippen LogP contribution in [0, 0.1) is 11.3 Å². The lowest BCUT2D eigenvalue weighted by atomic mass is 9.78. The Morgan fingerprint density at radius 1 is 1.46 bits per heavy atom. The molecule has 0 aromatic rings. The highest BCUT2D eigenvalue weighted by Crippen LogP contribution is 2.39. The van der Waals surface area contributed by atoms with Gasteiger partial charge in [0.05, 0.1) is 6.10 Å². The Bertz CT molecular complexity index is 205. The summed E-state index contributed by atoms with van der Waals surface area (Å²) in [4.78, 5) is 0. The molecular formula is C11H19IO. The van der Waals surface area contributed by atoms with Gasteiger partial charge in [0.2, 0.25) is 0 Å². The average molecular weight is 294 g/mol. The first-order chi connectivity index (χ1) is 5.82. The number of alkyl halides is 1. The zero-order chi connectivity index (χ0) is 10.2. The van der Waals surface area contributed by atoms with Gasteiger partial charge in [-0.2, -0.15) is 0 Å². The molecule has 0 bridgehead atoms. The number of hydrogen-bond donors (Lipinski definition) is 0. The van der Waals surface area contributed by atoms with E-state index in [0.29, 0.717) is 10.0 Å². The molecule has 1 nitrogen and oxygen atoms in total. The van der Waals surface area contributed by atoms with Crippen LogP contribution in [0.25, 0.3) is 0 Å². The standard InChI is InChI=1S/C11H19IO/c1-7-6-9(12)13-10(8(7)2)11(3,4)5/h7,9-10H,2,6H2,1,3-5H3/t7-,9-,10+/m1/s1. The molecule has 0 aromatic carbocycles. The van der Waals surface area contributed by atoms with Crippen molar-refractivity contribution in [3.05, 3.63) is 12.2 Å². The summed E-state index contributed by atoms with van der Waals surface area (Å²) in [6.45, 7) is 13.0. The molecule has 1 aliphatic rings. The number of rotatable bonds is 0. The molecule has 1 aliphatic heterocycles.